The molecule has 0 aliphatic rings. The summed E-state index contributed by atoms with van der Waals surface area (Å²) in [6.45, 7) is 0. The van der Waals surface area contributed by atoms with Gasteiger partial charge in [-0.05, 0) is 35.7 Å². The number of methoxy groups -OCH3 is 1. The van der Waals surface area contributed by atoms with Crippen LogP contribution in [0.2, 0.25) is 0 Å². The molecule has 7 heteroatoms. The fourth-order valence-electron chi connectivity index (χ4n) is 3.01. The van der Waals surface area contributed by atoms with E-state index in [1.807, 2.05) is 54.2 Å². The van der Waals surface area contributed by atoms with Gasteiger partial charge in [0.1, 0.15) is 11.4 Å². The third kappa shape index (κ3) is 3.21. The largest absolute Gasteiger partial charge is 0.496 e. The lowest BCUT2D eigenvalue weighted by Crippen LogP contribution is -2.27. The fourth-order valence-corrected chi connectivity index (χ4v) is 3.73. The zero-order valence-electron chi connectivity index (χ0n) is 15.0. The van der Waals surface area contributed by atoms with E-state index in [-0.39, 0.29) is 5.91 Å². The number of thiophene rings is 1. The zero-order chi connectivity index (χ0) is 19.5. The van der Waals surface area contributed by atoms with Crippen molar-refractivity contribution in [1.29, 1.82) is 5.26 Å². The Labute approximate surface area is 165 Å². The zero-order valence-corrected chi connectivity index (χ0v) is 15.8. The topological polar surface area (TPSA) is 79.4 Å². The Morgan fingerprint density at radius 2 is 2.11 bits per heavy atom. The van der Waals surface area contributed by atoms with Crippen LogP contribution in [-0.2, 0) is 0 Å². The van der Waals surface area contributed by atoms with Crippen molar-refractivity contribution in [3.63, 3.8) is 0 Å². The molecule has 0 aliphatic heterocycles. The molecule has 1 amide bonds. The van der Waals surface area contributed by atoms with Crippen molar-refractivity contribution in [3.05, 3.63) is 76.7 Å². The smallest absolute Gasteiger partial charge is 0.256 e. The van der Waals surface area contributed by atoms with E-state index in [4.69, 9.17) is 4.74 Å². The van der Waals surface area contributed by atoms with Gasteiger partial charge >= 0.3 is 0 Å². The van der Waals surface area contributed by atoms with E-state index in [0.717, 1.165) is 10.4 Å². The van der Waals surface area contributed by atoms with Crippen LogP contribution in [0.3, 0.4) is 0 Å². The van der Waals surface area contributed by atoms with Gasteiger partial charge in [-0.25, -0.2) is 4.98 Å². The number of fused-ring (bicyclic) bond motifs is 1. The van der Waals surface area contributed by atoms with E-state index >= 15 is 0 Å². The van der Waals surface area contributed by atoms with Crippen LogP contribution < -0.4 is 10.1 Å². The summed E-state index contributed by atoms with van der Waals surface area (Å²) in [6.07, 6.45) is 3.68. The highest BCUT2D eigenvalue weighted by molar-refractivity contribution is 7.10. The number of carbonyl (C=O) groups excluding carboxylic acids is 1. The number of benzene rings is 1. The first-order valence-corrected chi connectivity index (χ1v) is 9.44. The Morgan fingerprint density at radius 3 is 2.86 bits per heavy atom. The molecule has 1 aromatic carbocycles. The van der Waals surface area contributed by atoms with Crippen LogP contribution >= 0.6 is 11.3 Å². The molecule has 0 radical (unpaired) electrons. The van der Waals surface area contributed by atoms with Crippen LogP contribution in [-0.4, -0.2) is 22.4 Å². The van der Waals surface area contributed by atoms with E-state index in [2.05, 4.69) is 16.4 Å². The van der Waals surface area contributed by atoms with Crippen molar-refractivity contribution in [3.8, 4) is 23.1 Å². The van der Waals surface area contributed by atoms with E-state index in [1.165, 1.54) is 11.3 Å². The number of ether oxygens (including phenoxy) is 1. The number of pyridine rings is 1. The van der Waals surface area contributed by atoms with Gasteiger partial charge in [0.2, 0.25) is 0 Å². The number of nitrogens with one attached hydrogen (secondary N) is 1. The summed E-state index contributed by atoms with van der Waals surface area (Å²) in [4.78, 5) is 18.3. The highest BCUT2D eigenvalue weighted by Crippen LogP contribution is 2.29. The maximum absolute atomic E-state index is 12.9. The minimum absolute atomic E-state index is 0.345. The minimum atomic E-state index is -0.698. The van der Waals surface area contributed by atoms with Crippen molar-refractivity contribution < 1.29 is 9.53 Å². The van der Waals surface area contributed by atoms with Gasteiger partial charge in [0.05, 0.1) is 24.4 Å². The molecule has 0 spiro atoms. The van der Waals surface area contributed by atoms with Gasteiger partial charge in [-0.1, -0.05) is 18.2 Å². The van der Waals surface area contributed by atoms with Crippen molar-refractivity contribution in [2.24, 2.45) is 0 Å². The fraction of sp³-hybridized carbons (Fsp3) is 0.0952. The molecule has 1 atom stereocenters. The Bertz CT molecular complexity index is 1170. The minimum Gasteiger partial charge on any atom is -0.496 e. The average Bonchev–Trinajstić information content (AvgIpc) is 3.41. The number of amides is 1. The lowest BCUT2D eigenvalue weighted by molar-refractivity contribution is 0.0947. The normalized spacial score (nSPS) is 11.7. The molecule has 1 unspecified atom stereocenters. The lowest BCUT2D eigenvalue weighted by atomic mass is 10.1. The maximum Gasteiger partial charge on any atom is 0.256 e. The van der Waals surface area contributed by atoms with Gasteiger partial charge in [0.15, 0.2) is 6.04 Å². The Morgan fingerprint density at radius 1 is 1.25 bits per heavy atom. The standard InChI is InChI=1S/C21H16N4O2S/c1-27-18-8-3-2-6-14(18)17-13-25-10-4-7-15(20(25)23-17)21(26)24-16(12-22)19-9-5-11-28-19/h2-11,13,16H,1H3,(H,24,26). The Balaban J connectivity index is 1.71. The number of carbonyl (C=O) groups is 1. The van der Waals surface area contributed by atoms with Crippen LogP contribution in [0.1, 0.15) is 21.3 Å². The van der Waals surface area contributed by atoms with Crippen LogP contribution in [0.4, 0.5) is 0 Å². The monoisotopic (exact) mass is 388 g/mol. The second-order valence-corrected chi connectivity index (χ2v) is 7.01. The molecule has 138 valence electrons. The van der Waals surface area contributed by atoms with E-state index < -0.39 is 6.04 Å². The highest BCUT2D eigenvalue weighted by atomic mass is 32.1. The van der Waals surface area contributed by atoms with Crippen LogP contribution in [0.25, 0.3) is 16.9 Å². The van der Waals surface area contributed by atoms with Crippen molar-refractivity contribution >= 4 is 22.9 Å². The van der Waals surface area contributed by atoms with Crippen molar-refractivity contribution in [2.75, 3.05) is 7.11 Å². The summed E-state index contributed by atoms with van der Waals surface area (Å²) in [6, 6.07) is 16.2. The number of nitriles is 1. The van der Waals surface area contributed by atoms with Gasteiger partial charge < -0.3 is 14.5 Å². The molecule has 0 aliphatic carbocycles. The molecule has 0 bridgehead atoms. The SMILES string of the molecule is COc1ccccc1-c1cn2cccc(C(=O)NC(C#N)c3cccs3)c2n1. The average molecular weight is 388 g/mol. The first kappa shape index (κ1) is 17.8. The van der Waals surface area contributed by atoms with Crippen molar-refractivity contribution in [1.82, 2.24) is 14.7 Å². The first-order chi connectivity index (χ1) is 13.7. The number of aromatic nitrogens is 2. The van der Waals surface area contributed by atoms with Crippen molar-refractivity contribution in [2.45, 2.75) is 6.04 Å². The number of rotatable bonds is 5. The molecule has 0 saturated heterocycles. The third-order valence-electron chi connectivity index (χ3n) is 4.34. The quantitative estimate of drug-likeness (QED) is 0.559. The molecule has 0 saturated carbocycles. The molecular formula is C21H16N4O2S. The highest BCUT2D eigenvalue weighted by Gasteiger charge is 2.20. The summed E-state index contributed by atoms with van der Waals surface area (Å²) in [5.74, 6) is 0.363. The molecule has 6 nitrogen and oxygen atoms in total. The number of hydrogen-bond acceptors (Lipinski definition) is 5. The first-order valence-electron chi connectivity index (χ1n) is 8.56. The summed E-state index contributed by atoms with van der Waals surface area (Å²) in [5.41, 5.74) is 2.46. The summed E-state index contributed by atoms with van der Waals surface area (Å²) in [7, 11) is 1.61. The van der Waals surface area contributed by atoms with Gasteiger partial charge in [-0.15, -0.1) is 11.3 Å². The van der Waals surface area contributed by atoms with Gasteiger partial charge in [0.25, 0.3) is 5.91 Å². The lowest BCUT2D eigenvalue weighted by Gasteiger charge is -2.10. The van der Waals surface area contributed by atoms with Crippen LogP contribution in [0.5, 0.6) is 5.75 Å². The second kappa shape index (κ2) is 7.55. The summed E-state index contributed by atoms with van der Waals surface area (Å²) in [5, 5.41) is 14.1. The van der Waals surface area contributed by atoms with Crippen LogP contribution in [0, 0.1) is 11.3 Å². The van der Waals surface area contributed by atoms with Gasteiger partial charge in [-0.3, -0.25) is 4.79 Å². The second-order valence-electron chi connectivity index (χ2n) is 6.03. The molecule has 1 N–H and O–H groups in total. The van der Waals surface area contributed by atoms with Gasteiger partial charge in [-0.2, -0.15) is 5.26 Å². The predicted octanol–water partition coefficient (Wildman–Crippen LogP) is 4.07. The van der Waals surface area contributed by atoms with Gasteiger partial charge in [0, 0.05) is 22.8 Å². The molecular weight excluding hydrogens is 372 g/mol. The molecule has 3 aromatic heterocycles. The summed E-state index contributed by atoms with van der Waals surface area (Å²) < 4.78 is 7.21. The molecule has 4 aromatic rings. The Hall–Kier alpha value is -3.63. The number of imidazole rings is 1. The van der Waals surface area contributed by atoms with Crippen LogP contribution in [0.15, 0.2) is 66.3 Å². The molecule has 0 fully saturated rings. The molecule has 3 heterocycles. The number of hydrogen-bond donors (Lipinski definition) is 1. The number of nitrogens with zero attached hydrogens (tertiary/aromatic N) is 3. The predicted molar refractivity (Wildman–Crippen MR) is 107 cm³/mol. The maximum atomic E-state index is 12.9. The van der Waals surface area contributed by atoms with E-state index in [0.29, 0.717) is 22.7 Å². The molecule has 4 rings (SSSR count). The Kier molecular flexibility index (Phi) is 4.79. The third-order valence-corrected chi connectivity index (χ3v) is 5.28. The summed E-state index contributed by atoms with van der Waals surface area (Å²) >= 11 is 1.43. The molecule has 28 heavy (non-hydrogen) atoms. The number of para-hydroxylation sites is 1. The van der Waals surface area contributed by atoms with E-state index in [9.17, 15) is 10.1 Å². The van der Waals surface area contributed by atoms with E-state index in [1.54, 1.807) is 23.6 Å².